The van der Waals surface area contributed by atoms with Crippen LogP contribution in [0.1, 0.15) is 6.92 Å². The van der Waals surface area contributed by atoms with Gasteiger partial charge in [-0.3, -0.25) is 0 Å². The molecule has 2 N–H and O–H groups in total. The zero-order valence-corrected chi connectivity index (χ0v) is 10.0. The minimum Gasteiger partial charge on any atom is -0.395 e. The fourth-order valence-corrected chi connectivity index (χ4v) is 2.62. The second-order valence-electron chi connectivity index (χ2n) is 3.28. The summed E-state index contributed by atoms with van der Waals surface area (Å²) in [6.45, 7) is 1.08. The molecule has 1 aromatic rings. The van der Waals surface area contributed by atoms with Crippen molar-refractivity contribution in [1.29, 1.82) is 0 Å². The van der Waals surface area contributed by atoms with Gasteiger partial charge in [-0.15, -0.1) is 0 Å². The average Bonchev–Trinajstić information content (AvgIpc) is 2.20. The van der Waals surface area contributed by atoms with Gasteiger partial charge in [0.1, 0.15) is 10.7 Å². The average molecular weight is 268 g/mol. The van der Waals surface area contributed by atoms with Gasteiger partial charge in [-0.25, -0.2) is 17.5 Å². The van der Waals surface area contributed by atoms with Crippen LogP contribution in [-0.2, 0) is 10.0 Å². The van der Waals surface area contributed by atoms with Crippen LogP contribution < -0.4 is 4.72 Å². The molecule has 0 aliphatic carbocycles. The molecule has 0 radical (unpaired) electrons. The normalized spacial score (nSPS) is 13.8. The Morgan fingerprint density at radius 1 is 1.56 bits per heavy atom. The lowest BCUT2D eigenvalue weighted by Gasteiger charge is -2.12. The van der Waals surface area contributed by atoms with Crippen LogP contribution in [0.3, 0.4) is 0 Å². The quantitative estimate of drug-likeness (QED) is 0.860. The van der Waals surface area contributed by atoms with E-state index in [1.165, 1.54) is 13.0 Å². The molecule has 0 fully saturated rings. The minimum atomic E-state index is -3.99. The van der Waals surface area contributed by atoms with E-state index in [1.807, 2.05) is 0 Å². The van der Waals surface area contributed by atoms with E-state index in [-0.39, 0.29) is 11.6 Å². The fraction of sp³-hybridized carbons (Fsp3) is 0.333. The van der Waals surface area contributed by atoms with Gasteiger partial charge in [-0.05, 0) is 25.1 Å². The number of aliphatic hydroxyl groups is 1. The molecule has 1 unspecified atom stereocenters. The van der Waals surface area contributed by atoms with Crippen molar-refractivity contribution in [3.8, 4) is 0 Å². The van der Waals surface area contributed by atoms with Crippen LogP contribution in [0, 0.1) is 5.82 Å². The van der Waals surface area contributed by atoms with E-state index in [1.54, 1.807) is 0 Å². The fourth-order valence-electron chi connectivity index (χ4n) is 1.05. The molecule has 0 saturated heterocycles. The van der Waals surface area contributed by atoms with Crippen molar-refractivity contribution >= 4 is 21.6 Å². The Bertz CT molecular complexity index is 478. The smallest absolute Gasteiger partial charge is 0.243 e. The largest absolute Gasteiger partial charge is 0.395 e. The van der Waals surface area contributed by atoms with Crippen LogP contribution in [0.25, 0.3) is 0 Å². The first-order chi connectivity index (χ1) is 7.36. The molecular formula is C9H11ClFNO3S. The van der Waals surface area contributed by atoms with Crippen molar-refractivity contribution < 1.29 is 17.9 Å². The van der Waals surface area contributed by atoms with Gasteiger partial charge in [-0.2, -0.15) is 0 Å². The van der Waals surface area contributed by atoms with E-state index in [9.17, 15) is 12.8 Å². The minimum absolute atomic E-state index is 0.124. The van der Waals surface area contributed by atoms with Gasteiger partial charge in [0.2, 0.25) is 10.0 Å². The van der Waals surface area contributed by atoms with Crippen LogP contribution in [0.4, 0.5) is 4.39 Å². The van der Waals surface area contributed by atoms with Crippen molar-refractivity contribution in [2.45, 2.75) is 17.9 Å². The third kappa shape index (κ3) is 3.15. The topological polar surface area (TPSA) is 66.4 Å². The van der Waals surface area contributed by atoms with Crippen molar-refractivity contribution in [3.05, 3.63) is 29.0 Å². The molecule has 0 aliphatic heterocycles. The molecule has 16 heavy (non-hydrogen) atoms. The molecule has 0 aliphatic rings. The van der Waals surface area contributed by atoms with Gasteiger partial charge in [0.15, 0.2) is 0 Å². The van der Waals surface area contributed by atoms with Gasteiger partial charge in [-0.1, -0.05) is 11.6 Å². The van der Waals surface area contributed by atoms with E-state index in [0.29, 0.717) is 0 Å². The van der Waals surface area contributed by atoms with E-state index < -0.39 is 26.8 Å². The maximum Gasteiger partial charge on any atom is 0.243 e. The molecule has 0 aromatic heterocycles. The molecule has 0 bridgehead atoms. The van der Waals surface area contributed by atoms with Crippen molar-refractivity contribution in [2.24, 2.45) is 0 Å². The zero-order valence-electron chi connectivity index (χ0n) is 8.44. The highest BCUT2D eigenvalue weighted by Crippen LogP contribution is 2.19. The first-order valence-corrected chi connectivity index (χ1v) is 6.31. The second-order valence-corrected chi connectivity index (χ2v) is 5.40. The van der Waals surface area contributed by atoms with Gasteiger partial charge in [0.25, 0.3) is 0 Å². The molecule has 0 spiro atoms. The number of benzene rings is 1. The molecule has 1 rings (SSSR count). The second kappa shape index (κ2) is 5.09. The molecule has 0 amide bonds. The van der Waals surface area contributed by atoms with Gasteiger partial charge in [0.05, 0.1) is 6.61 Å². The molecular weight excluding hydrogens is 257 g/mol. The number of hydrogen-bond donors (Lipinski definition) is 2. The molecule has 90 valence electrons. The zero-order chi connectivity index (χ0) is 12.3. The van der Waals surface area contributed by atoms with Crippen LogP contribution in [0.2, 0.25) is 5.02 Å². The van der Waals surface area contributed by atoms with Crippen molar-refractivity contribution in [1.82, 2.24) is 4.72 Å². The van der Waals surface area contributed by atoms with Crippen LogP contribution in [0.5, 0.6) is 0 Å². The standard InChI is InChI=1S/C9H11ClFNO3S/c1-6(5-13)12-16(14,15)9-4-7(10)2-3-8(9)11/h2-4,6,12-13H,5H2,1H3. The van der Waals surface area contributed by atoms with Crippen LogP contribution >= 0.6 is 11.6 Å². The van der Waals surface area contributed by atoms with Gasteiger partial charge in [0, 0.05) is 11.1 Å². The summed E-state index contributed by atoms with van der Waals surface area (Å²) >= 11 is 5.59. The molecule has 1 aromatic carbocycles. The summed E-state index contributed by atoms with van der Waals surface area (Å²) in [6.07, 6.45) is 0. The van der Waals surface area contributed by atoms with Gasteiger partial charge < -0.3 is 5.11 Å². The number of sulfonamides is 1. The van der Waals surface area contributed by atoms with Crippen molar-refractivity contribution in [2.75, 3.05) is 6.61 Å². The third-order valence-corrected chi connectivity index (χ3v) is 3.65. The van der Waals surface area contributed by atoms with Gasteiger partial charge >= 0.3 is 0 Å². The predicted octanol–water partition coefficient (Wildman–Crippen LogP) is 1.14. The van der Waals surface area contributed by atoms with E-state index >= 15 is 0 Å². The van der Waals surface area contributed by atoms with Crippen LogP contribution in [0.15, 0.2) is 23.1 Å². The Kier molecular flexibility index (Phi) is 4.26. The number of hydrogen-bond acceptors (Lipinski definition) is 3. The Hall–Kier alpha value is -0.690. The Morgan fingerprint density at radius 2 is 2.19 bits per heavy atom. The Labute approximate surface area is 98.1 Å². The summed E-state index contributed by atoms with van der Waals surface area (Å²) in [5.41, 5.74) is 0. The molecule has 7 heteroatoms. The molecule has 4 nitrogen and oxygen atoms in total. The first-order valence-electron chi connectivity index (χ1n) is 4.45. The summed E-state index contributed by atoms with van der Waals surface area (Å²) in [5.74, 6) is -0.887. The summed E-state index contributed by atoms with van der Waals surface area (Å²) in [4.78, 5) is -0.527. The Balaban J connectivity index is 3.12. The van der Waals surface area contributed by atoms with E-state index in [4.69, 9.17) is 16.7 Å². The maximum absolute atomic E-state index is 13.3. The van der Waals surface area contributed by atoms with Crippen LogP contribution in [-0.4, -0.2) is 26.2 Å². The summed E-state index contributed by atoms with van der Waals surface area (Å²) in [5, 5.41) is 8.85. The van der Waals surface area contributed by atoms with E-state index in [2.05, 4.69) is 4.72 Å². The Morgan fingerprint density at radius 3 is 2.75 bits per heavy atom. The molecule has 1 atom stereocenters. The highest BCUT2D eigenvalue weighted by atomic mass is 35.5. The highest BCUT2D eigenvalue weighted by molar-refractivity contribution is 7.89. The number of rotatable bonds is 4. The lowest BCUT2D eigenvalue weighted by Crippen LogP contribution is -2.35. The highest BCUT2D eigenvalue weighted by Gasteiger charge is 2.21. The molecule has 0 heterocycles. The maximum atomic E-state index is 13.3. The third-order valence-electron chi connectivity index (χ3n) is 1.81. The number of aliphatic hydroxyl groups excluding tert-OH is 1. The lowest BCUT2D eigenvalue weighted by molar-refractivity contribution is 0.265. The lowest BCUT2D eigenvalue weighted by atomic mass is 10.3. The monoisotopic (exact) mass is 267 g/mol. The summed E-state index contributed by atoms with van der Waals surface area (Å²) in [6, 6.07) is 2.55. The van der Waals surface area contributed by atoms with Crippen molar-refractivity contribution in [3.63, 3.8) is 0 Å². The predicted molar refractivity (Wildman–Crippen MR) is 58.3 cm³/mol. The van der Waals surface area contributed by atoms with E-state index in [0.717, 1.165) is 12.1 Å². The SMILES string of the molecule is CC(CO)NS(=O)(=O)c1cc(Cl)ccc1F. The molecule has 0 saturated carbocycles. The number of halogens is 2. The summed E-state index contributed by atoms with van der Waals surface area (Å²) in [7, 11) is -3.99. The first kappa shape index (κ1) is 13.4. The summed E-state index contributed by atoms with van der Waals surface area (Å²) < 4.78 is 38.7. The number of nitrogens with one attached hydrogen (secondary N) is 1.